The van der Waals surface area contributed by atoms with Crippen LogP contribution >= 0.6 is 15.9 Å². The highest BCUT2D eigenvalue weighted by Crippen LogP contribution is 2.45. The Labute approximate surface area is 65.2 Å². The van der Waals surface area contributed by atoms with Gasteiger partial charge in [0.25, 0.3) is 0 Å². The molecule has 0 amide bonds. The predicted octanol–water partition coefficient (Wildman–Crippen LogP) is 2.71. The molecular weight excluding hydrogens is 178 g/mol. The molecule has 0 aromatic carbocycles. The number of rotatable bonds is 1. The predicted molar refractivity (Wildman–Crippen MR) is 42.4 cm³/mol. The molecular formula is C7H12BrN. The third kappa shape index (κ3) is 2.36. The van der Waals surface area contributed by atoms with E-state index in [1.54, 1.807) is 0 Å². The Morgan fingerprint density at radius 2 is 2.00 bits per heavy atom. The molecule has 0 spiro atoms. The SMILES string of the molecule is CC.N#CC1(CBr)CC1. The quantitative estimate of drug-likeness (QED) is 0.583. The van der Waals surface area contributed by atoms with Gasteiger partial charge in [-0.05, 0) is 12.8 Å². The number of nitriles is 1. The first-order chi connectivity index (χ1) is 4.33. The molecule has 0 unspecified atom stereocenters. The molecule has 0 aromatic rings. The van der Waals surface area contributed by atoms with Crippen molar-refractivity contribution in [3.63, 3.8) is 0 Å². The van der Waals surface area contributed by atoms with E-state index in [1.807, 2.05) is 13.8 Å². The molecule has 0 radical (unpaired) electrons. The lowest BCUT2D eigenvalue weighted by molar-refractivity contribution is 0.790. The van der Waals surface area contributed by atoms with E-state index in [-0.39, 0.29) is 5.41 Å². The standard InChI is InChI=1S/C5H6BrN.C2H6/c6-3-5(4-7)1-2-5;1-2/h1-3H2;1-2H3. The van der Waals surface area contributed by atoms with E-state index in [4.69, 9.17) is 5.26 Å². The summed E-state index contributed by atoms with van der Waals surface area (Å²) in [5, 5.41) is 9.23. The van der Waals surface area contributed by atoms with Gasteiger partial charge in [0.2, 0.25) is 0 Å². The van der Waals surface area contributed by atoms with Crippen LogP contribution in [0, 0.1) is 16.7 Å². The summed E-state index contributed by atoms with van der Waals surface area (Å²) in [7, 11) is 0. The summed E-state index contributed by atoms with van der Waals surface area (Å²) in [5.74, 6) is 0. The molecule has 0 aromatic heterocycles. The lowest BCUT2D eigenvalue weighted by Crippen LogP contribution is -1.94. The highest BCUT2D eigenvalue weighted by molar-refractivity contribution is 9.09. The molecule has 0 saturated heterocycles. The van der Waals surface area contributed by atoms with Crippen molar-refractivity contribution in [2.24, 2.45) is 5.41 Å². The number of halogens is 1. The highest BCUT2D eigenvalue weighted by Gasteiger charge is 2.41. The second kappa shape index (κ2) is 3.90. The molecule has 9 heavy (non-hydrogen) atoms. The largest absolute Gasteiger partial charge is 0.198 e. The zero-order chi connectivity index (χ0) is 7.33. The van der Waals surface area contributed by atoms with E-state index in [1.165, 1.54) is 0 Å². The van der Waals surface area contributed by atoms with Crippen LogP contribution in [0.1, 0.15) is 26.7 Å². The Kier molecular flexibility index (Phi) is 3.88. The summed E-state index contributed by atoms with van der Waals surface area (Å²) in [5.41, 5.74) is 0.0556. The van der Waals surface area contributed by atoms with Gasteiger partial charge in [-0.3, -0.25) is 0 Å². The van der Waals surface area contributed by atoms with E-state index >= 15 is 0 Å². The van der Waals surface area contributed by atoms with Gasteiger partial charge in [0.1, 0.15) is 0 Å². The summed E-state index contributed by atoms with van der Waals surface area (Å²) in [6, 6.07) is 2.26. The van der Waals surface area contributed by atoms with Crippen LogP contribution in [-0.4, -0.2) is 5.33 Å². The lowest BCUT2D eigenvalue weighted by atomic mass is 10.2. The Hall–Kier alpha value is -0.0300. The van der Waals surface area contributed by atoms with Gasteiger partial charge in [0, 0.05) is 5.33 Å². The van der Waals surface area contributed by atoms with Gasteiger partial charge in [-0.15, -0.1) is 0 Å². The average molecular weight is 190 g/mol. The van der Waals surface area contributed by atoms with Crippen molar-refractivity contribution in [3.05, 3.63) is 0 Å². The molecule has 0 heterocycles. The molecule has 0 bridgehead atoms. The molecule has 1 rings (SSSR count). The van der Waals surface area contributed by atoms with E-state index in [9.17, 15) is 0 Å². The first-order valence-corrected chi connectivity index (χ1v) is 4.42. The Morgan fingerprint density at radius 1 is 1.56 bits per heavy atom. The van der Waals surface area contributed by atoms with E-state index in [0.29, 0.717) is 0 Å². The fourth-order valence-electron chi connectivity index (χ4n) is 0.426. The van der Waals surface area contributed by atoms with Crippen molar-refractivity contribution >= 4 is 15.9 Å². The van der Waals surface area contributed by atoms with Crippen molar-refractivity contribution in [1.29, 1.82) is 5.26 Å². The molecule has 0 N–H and O–H groups in total. The summed E-state index contributed by atoms with van der Waals surface area (Å²) in [6.07, 6.45) is 2.18. The topological polar surface area (TPSA) is 23.8 Å². The Balaban J connectivity index is 0.000000291. The van der Waals surface area contributed by atoms with Crippen LogP contribution in [0.15, 0.2) is 0 Å². The molecule has 1 saturated carbocycles. The molecule has 0 aliphatic heterocycles. The van der Waals surface area contributed by atoms with Crippen molar-refractivity contribution in [3.8, 4) is 6.07 Å². The second-order valence-electron chi connectivity index (χ2n) is 2.03. The second-order valence-corrected chi connectivity index (χ2v) is 2.59. The van der Waals surface area contributed by atoms with Crippen molar-refractivity contribution in [2.45, 2.75) is 26.7 Å². The molecule has 0 atom stereocenters. The summed E-state index contributed by atoms with van der Waals surface area (Å²) < 4.78 is 0. The van der Waals surface area contributed by atoms with E-state index in [0.717, 1.165) is 18.2 Å². The van der Waals surface area contributed by atoms with Crippen LogP contribution in [-0.2, 0) is 0 Å². The molecule has 1 fully saturated rings. The Bertz CT molecular complexity index is 111. The van der Waals surface area contributed by atoms with Gasteiger partial charge >= 0.3 is 0 Å². The highest BCUT2D eigenvalue weighted by atomic mass is 79.9. The van der Waals surface area contributed by atoms with E-state index < -0.39 is 0 Å². The first-order valence-electron chi connectivity index (χ1n) is 3.30. The van der Waals surface area contributed by atoms with Crippen LogP contribution in [0.2, 0.25) is 0 Å². The minimum atomic E-state index is 0.0556. The van der Waals surface area contributed by atoms with Gasteiger partial charge in [0.15, 0.2) is 0 Å². The maximum Gasteiger partial charge on any atom is 0.0698 e. The smallest absolute Gasteiger partial charge is 0.0698 e. The number of hydrogen-bond acceptors (Lipinski definition) is 1. The molecule has 1 nitrogen and oxygen atoms in total. The summed E-state index contributed by atoms with van der Waals surface area (Å²) in [6.45, 7) is 4.00. The minimum absolute atomic E-state index is 0.0556. The van der Waals surface area contributed by atoms with Crippen LogP contribution in [0.3, 0.4) is 0 Å². The normalized spacial score (nSPS) is 18.9. The van der Waals surface area contributed by atoms with Gasteiger partial charge < -0.3 is 0 Å². The first kappa shape index (κ1) is 8.97. The number of hydrogen-bond donors (Lipinski definition) is 0. The summed E-state index contributed by atoms with van der Waals surface area (Å²) >= 11 is 3.27. The monoisotopic (exact) mass is 189 g/mol. The zero-order valence-electron chi connectivity index (χ0n) is 5.95. The third-order valence-electron chi connectivity index (χ3n) is 1.35. The van der Waals surface area contributed by atoms with Crippen LogP contribution in [0.5, 0.6) is 0 Å². The van der Waals surface area contributed by atoms with Crippen LogP contribution in [0.4, 0.5) is 0 Å². The van der Waals surface area contributed by atoms with Crippen LogP contribution < -0.4 is 0 Å². The fraction of sp³-hybridized carbons (Fsp3) is 0.857. The van der Waals surface area contributed by atoms with Gasteiger partial charge in [-0.1, -0.05) is 29.8 Å². The van der Waals surface area contributed by atoms with Crippen molar-refractivity contribution in [2.75, 3.05) is 5.33 Å². The van der Waals surface area contributed by atoms with Crippen LogP contribution in [0.25, 0.3) is 0 Å². The molecule has 2 heteroatoms. The van der Waals surface area contributed by atoms with Crippen molar-refractivity contribution < 1.29 is 0 Å². The molecule has 1 aliphatic carbocycles. The molecule has 52 valence electrons. The van der Waals surface area contributed by atoms with Crippen molar-refractivity contribution in [1.82, 2.24) is 0 Å². The van der Waals surface area contributed by atoms with Gasteiger partial charge in [-0.25, -0.2) is 0 Å². The maximum absolute atomic E-state index is 8.38. The minimum Gasteiger partial charge on any atom is -0.198 e. The average Bonchev–Trinajstić information content (AvgIpc) is 2.72. The Morgan fingerprint density at radius 3 is 2.00 bits per heavy atom. The van der Waals surface area contributed by atoms with Gasteiger partial charge in [-0.2, -0.15) is 5.26 Å². The number of alkyl halides is 1. The lowest BCUT2D eigenvalue weighted by Gasteiger charge is -1.91. The number of nitrogens with zero attached hydrogens (tertiary/aromatic N) is 1. The summed E-state index contributed by atoms with van der Waals surface area (Å²) in [4.78, 5) is 0. The zero-order valence-corrected chi connectivity index (χ0v) is 7.53. The van der Waals surface area contributed by atoms with E-state index in [2.05, 4.69) is 22.0 Å². The third-order valence-corrected chi connectivity index (χ3v) is 2.42. The van der Waals surface area contributed by atoms with Gasteiger partial charge in [0.05, 0.1) is 11.5 Å². The fourth-order valence-corrected chi connectivity index (χ4v) is 1.11. The maximum atomic E-state index is 8.38. The molecule has 1 aliphatic rings.